The predicted octanol–water partition coefficient (Wildman–Crippen LogP) is 3.18. The average molecular weight is 252 g/mol. The van der Waals surface area contributed by atoms with Crippen molar-refractivity contribution in [1.29, 1.82) is 0 Å². The van der Waals surface area contributed by atoms with E-state index >= 15 is 0 Å². The van der Waals surface area contributed by atoms with E-state index in [0.29, 0.717) is 0 Å². The third-order valence-corrected chi connectivity index (χ3v) is 2.64. The van der Waals surface area contributed by atoms with Crippen LogP contribution in [-0.2, 0) is 0 Å². The number of aromatic nitrogens is 2. The topological polar surface area (TPSA) is 48.9 Å². The number of H-pyrrole nitrogens is 1. The SMILES string of the molecule is OC(c1ccccc1)c1ccccc1.c1cn[nH]c1. The fourth-order valence-corrected chi connectivity index (χ4v) is 1.68. The van der Waals surface area contributed by atoms with Gasteiger partial charge in [-0.1, -0.05) is 60.7 Å². The summed E-state index contributed by atoms with van der Waals surface area (Å²) in [7, 11) is 0. The van der Waals surface area contributed by atoms with Crippen LogP contribution in [0.3, 0.4) is 0 Å². The van der Waals surface area contributed by atoms with Crippen LogP contribution < -0.4 is 0 Å². The van der Waals surface area contributed by atoms with Crippen molar-refractivity contribution in [3.05, 3.63) is 90.3 Å². The molecule has 0 unspecified atom stereocenters. The van der Waals surface area contributed by atoms with Crippen LogP contribution in [0.5, 0.6) is 0 Å². The van der Waals surface area contributed by atoms with Gasteiger partial charge in [0.25, 0.3) is 0 Å². The van der Waals surface area contributed by atoms with E-state index < -0.39 is 6.10 Å². The molecule has 1 heterocycles. The van der Waals surface area contributed by atoms with Crippen LogP contribution in [0.4, 0.5) is 0 Å². The third kappa shape index (κ3) is 4.08. The van der Waals surface area contributed by atoms with Crippen molar-refractivity contribution in [1.82, 2.24) is 10.2 Å². The van der Waals surface area contributed by atoms with Gasteiger partial charge in [0, 0.05) is 12.4 Å². The molecule has 0 spiro atoms. The van der Waals surface area contributed by atoms with Gasteiger partial charge in [-0.05, 0) is 17.2 Å². The van der Waals surface area contributed by atoms with E-state index in [1.165, 1.54) is 0 Å². The normalized spacial score (nSPS) is 9.79. The molecule has 3 rings (SSSR count). The molecule has 2 aromatic carbocycles. The lowest BCUT2D eigenvalue weighted by Gasteiger charge is -2.10. The highest BCUT2D eigenvalue weighted by Crippen LogP contribution is 2.20. The van der Waals surface area contributed by atoms with Crippen molar-refractivity contribution in [2.75, 3.05) is 0 Å². The number of aliphatic hydroxyl groups excluding tert-OH is 1. The first-order valence-corrected chi connectivity index (χ1v) is 6.09. The Kier molecular flexibility index (Phi) is 4.90. The fraction of sp³-hybridized carbons (Fsp3) is 0.0625. The van der Waals surface area contributed by atoms with Crippen molar-refractivity contribution in [2.45, 2.75) is 6.10 Å². The van der Waals surface area contributed by atoms with Gasteiger partial charge in [-0.2, -0.15) is 5.10 Å². The third-order valence-electron chi connectivity index (χ3n) is 2.64. The van der Waals surface area contributed by atoms with Gasteiger partial charge in [-0.3, -0.25) is 5.10 Å². The average Bonchev–Trinajstić information content (AvgIpc) is 3.08. The van der Waals surface area contributed by atoms with Gasteiger partial charge in [-0.15, -0.1) is 0 Å². The smallest absolute Gasteiger partial charge is 0.104 e. The van der Waals surface area contributed by atoms with Crippen molar-refractivity contribution < 1.29 is 5.11 Å². The Morgan fingerprint density at radius 2 is 1.32 bits per heavy atom. The summed E-state index contributed by atoms with van der Waals surface area (Å²) in [6.07, 6.45) is 2.94. The first kappa shape index (κ1) is 13.1. The lowest BCUT2D eigenvalue weighted by Crippen LogP contribution is -1.98. The maximum Gasteiger partial charge on any atom is 0.104 e. The van der Waals surface area contributed by atoms with Crippen LogP contribution in [0.25, 0.3) is 0 Å². The molecule has 2 N–H and O–H groups in total. The number of hydrogen-bond acceptors (Lipinski definition) is 2. The van der Waals surface area contributed by atoms with Gasteiger partial charge in [0.05, 0.1) is 0 Å². The highest BCUT2D eigenvalue weighted by Gasteiger charge is 2.07. The number of hydrogen-bond donors (Lipinski definition) is 2. The molecule has 0 atom stereocenters. The Morgan fingerprint density at radius 1 is 0.789 bits per heavy atom. The van der Waals surface area contributed by atoms with Crippen LogP contribution in [0.15, 0.2) is 79.1 Å². The van der Waals surface area contributed by atoms with Gasteiger partial charge in [0.2, 0.25) is 0 Å². The summed E-state index contributed by atoms with van der Waals surface area (Å²) in [4.78, 5) is 0. The molecule has 0 aliphatic heterocycles. The molecule has 3 heteroatoms. The maximum atomic E-state index is 9.99. The number of benzene rings is 2. The Bertz CT molecular complexity index is 493. The van der Waals surface area contributed by atoms with Crippen LogP contribution in [0.1, 0.15) is 17.2 Å². The van der Waals surface area contributed by atoms with Crippen LogP contribution >= 0.6 is 0 Å². The molecule has 0 saturated carbocycles. The maximum absolute atomic E-state index is 9.99. The number of aromatic amines is 1. The Hall–Kier alpha value is -2.39. The summed E-state index contributed by atoms with van der Waals surface area (Å²) < 4.78 is 0. The molecule has 0 fully saturated rings. The Morgan fingerprint density at radius 3 is 1.63 bits per heavy atom. The van der Waals surface area contributed by atoms with E-state index in [0.717, 1.165) is 11.1 Å². The molecule has 0 radical (unpaired) electrons. The molecule has 0 aliphatic rings. The molecular weight excluding hydrogens is 236 g/mol. The second-order valence-corrected chi connectivity index (χ2v) is 3.99. The Balaban J connectivity index is 0.000000224. The van der Waals surface area contributed by atoms with Gasteiger partial charge < -0.3 is 5.11 Å². The van der Waals surface area contributed by atoms with Crippen molar-refractivity contribution in [3.8, 4) is 0 Å². The van der Waals surface area contributed by atoms with Gasteiger partial charge in [0.1, 0.15) is 6.10 Å². The van der Waals surface area contributed by atoms with Gasteiger partial charge in [0.15, 0.2) is 0 Å². The van der Waals surface area contributed by atoms with Gasteiger partial charge >= 0.3 is 0 Å². The van der Waals surface area contributed by atoms with Crippen LogP contribution in [-0.4, -0.2) is 15.3 Å². The standard InChI is InChI=1S/C13H12O.C3H4N2/c14-13(11-7-3-1-4-8-11)12-9-5-2-6-10-12;1-2-4-5-3-1/h1-10,13-14H;1-3H,(H,4,5). The zero-order chi connectivity index (χ0) is 13.3. The molecule has 3 nitrogen and oxygen atoms in total. The lowest BCUT2D eigenvalue weighted by atomic mass is 10.0. The van der Waals surface area contributed by atoms with Crippen LogP contribution in [0.2, 0.25) is 0 Å². The number of aliphatic hydroxyl groups is 1. The molecule has 1 aromatic heterocycles. The molecule has 0 aliphatic carbocycles. The van der Waals surface area contributed by atoms with E-state index in [1.54, 1.807) is 12.4 Å². The summed E-state index contributed by atoms with van der Waals surface area (Å²) in [5.74, 6) is 0. The largest absolute Gasteiger partial charge is 0.384 e. The molecule has 19 heavy (non-hydrogen) atoms. The van der Waals surface area contributed by atoms with E-state index in [2.05, 4.69) is 10.2 Å². The summed E-state index contributed by atoms with van der Waals surface area (Å²) >= 11 is 0. The molecule has 3 aromatic rings. The minimum Gasteiger partial charge on any atom is -0.384 e. The second kappa shape index (κ2) is 7.13. The summed E-state index contributed by atoms with van der Waals surface area (Å²) in [6, 6.07) is 21.2. The first-order valence-electron chi connectivity index (χ1n) is 6.09. The number of nitrogens with zero attached hydrogens (tertiary/aromatic N) is 1. The fourth-order valence-electron chi connectivity index (χ4n) is 1.68. The number of rotatable bonds is 2. The van der Waals surface area contributed by atoms with Crippen molar-refractivity contribution >= 4 is 0 Å². The second-order valence-electron chi connectivity index (χ2n) is 3.99. The lowest BCUT2D eigenvalue weighted by molar-refractivity contribution is 0.220. The quantitative estimate of drug-likeness (QED) is 0.736. The summed E-state index contributed by atoms with van der Waals surface area (Å²) in [5.41, 5.74) is 1.86. The highest BCUT2D eigenvalue weighted by atomic mass is 16.3. The number of nitrogens with one attached hydrogen (secondary N) is 1. The van der Waals surface area contributed by atoms with E-state index in [-0.39, 0.29) is 0 Å². The van der Waals surface area contributed by atoms with E-state index in [4.69, 9.17) is 0 Å². The molecular formula is C16H16N2O. The van der Waals surface area contributed by atoms with Crippen molar-refractivity contribution in [3.63, 3.8) is 0 Å². The molecule has 0 amide bonds. The van der Waals surface area contributed by atoms with E-state index in [1.807, 2.05) is 66.7 Å². The molecule has 96 valence electrons. The summed E-state index contributed by atoms with van der Waals surface area (Å²) in [5, 5.41) is 16.2. The minimum atomic E-state index is -0.516. The first-order chi connectivity index (χ1) is 9.38. The minimum absolute atomic E-state index is 0.516. The molecule has 0 bridgehead atoms. The highest BCUT2D eigenvalue weighted by molar-refractivity contribution is 5.29. The predicted molar refractivity (Wildman–Crippen MR) is 75.5 cm³/mol. The summed E-state index contributed by atoms with van der Waals surface area (Å²) in [6.45, 7) is 0. The van der Waals surface area contributed by atoms with Crippen LogP contribution in [0, 0.1) is 0 Å². The zero-order valence-electron chi connectivity index (χ0n) is 10.5. The monoisotopic (exact) mass is 252 g/mol. The Labute approximate surface area is 112 Å². The zero-order valence-corrected chi connectivity index (χ0v) is 10.5. The molecule has 0 saturated heterocycles. The van der Waals surface area contributed by atoms with Gasteiger partial charge in [-0.25, -0.2) is 0 Å². The van der Waals surface area contributed by atoms with Crippen molar-refractivity contribution in [2.24, 2.45) is 0 Å². The van der Waals surface area contributed by atoms with E-state index in [9.17, 15) is 5.11 Å².